The Morgan fingerprint density at radius 1 is 1.37 bits per heavy atom. The number of rotatable bonds is 2. The van der Waals surface area contributed by atoms with E-state index in [4.69, 9.17) is 0 Å². The lowest BCUT2D eigenvalue weighted by molar-refractivity contribution is -0.286. The molecule has 3 rings (SSSR count). The second kappa shape index (κ2) is 4.52. The standard InChI is InChI=1S/C13H16F2N2O2/c1-2-9-8-16-5-6-17(9)10-3-4-11-12(7-10)19-13(14,15)18-11/h3-4,7,9,16H,2,5-6,8H2,1H3. The van der Waals surface area contributed by atoms with Crippen LogP contribution in [0.1, 0.15) is 13.3 Å². The Morgan fingerprint density at radius 2 is 2.16 bits per heavy atom. The summed E-state index contributed by atoms with van der Waals surface area (Å²) < 4.78 is 34.9. The van der Waals surface area contributed by atoms with E-state index < -0.39 is 6.29 Å². The second-order valence-electron chi connectivity index (χ2n) is 4.76. The molecule has 2 aliphatic heterocycles. The van der Waals surface area contributed by atoms with E-state index in [1.54, 1.807) is 18.2 Å². The Labute approximate surface area is 110 Å². The summed E-state index contributed by atoms with van der Waals surface area (Å²) in [5.41, 5.74) is 0.897. The summed E-state index contributed by atoms with van der Waals surface area (Å²) in [7, 11) is 0. The van der Waals surface area contributed by atoms with Gasteiger partial charge in [0.05, 0.1) is 0 Å². The fraction of sp³-hybridized carbons (Fsp3) is 0.538. The maximum absolute atomic E-state index is 13.0. The summed E-state index contributed by atoms with van der Waals surface area (Å²) in [4.78, 5) is 2.22. The zero-order chi connectivity index (χ0) is 13.5. The van der Waals surface area contributed by atoms with Crippen LogP contribution in [0.2, 0.25) is 0 Å². The Balaban J connectivity index is 1.87. The molecular formula is C13H16F2N2O2. The molecule has 2 heterocycles. The second-order valence-corrected chi connectivity index (χ2v) is 4.76. The molecule has 1 fully saturated rings. The van der Waals surface area contributed by atoms with Crippen molar-refractivity contribution in [2.75, 3.05) is 24.5 Å². The van der Waals surface area contributed by atoms with Crippen molar-refractivity contribution < 1.29 is 18.3 Å². The van der Waals surface area contributed by atoms with Crippen molar-refractivity contribution in [3.8, 4) is 11.5 Å². The number of alkyl halides is 2. The number of fused-ring (bicyclic) bond motifs is 1. The zero-order valence-electron chi connectivity index (χ0n) is 10.7. The number of halogens is 2. The fourth-order valence-electron chi connectivity index (χ4n) is 2.58. The Hall–Kier alpha value is -1.56. The van der Waals surface area contributed by atoms with Gasteiger partial charge >= 0.3 is 6.29 Å². The molecule has 1 atom stereocenters. The molecule has 104 valence electrons. The van der Waals surface area contributed by atoms with Crippen LogP contribution in [0.25, 0.3) is 0 Å². The minimum Gasteiger partial charge on any atom is -0.395 e. The van der Waals surface area contributed by atoms with Crippen LogP contribution >= 0.6 is 0 Å². The summed E-state index contributed by atoms with van der Waals surface area (Å²) >= 11 is 0. The molecule has 0 saturated carbocycles. The molecule has 0 aliphatic carbocycles. The van der Waals surface area contributed by atoms with Crippen molar-refractivity contribution >= 4 is 5.69 Å². The van der Waals surface area contributed by atoms with Gasteiger partial charge in [0.2, 0.25) is 0 Å². The third-order valence-electron chi connectivity index (χ3n) is 3.54. The molecule has 1 aromatic carbocycles. The molecule has 6 heteroatoms. The lowest BCUT2D eigenvalue weighted by atomic mass is 10.1. The topological polar surface area (TPSA) is 33.7 Å². The average Bonchev–Trinajstić information content (AvgIpc) is 2.71. The first-order valence-electron chi connectivity index (χ1n) is 6.46. The van der Waals surface area contributed by atoms with E-state index in [9.17, 15) is 8.78 Å². The van der Waals surface area contributed by atoms with E-state index in [2.05, 4.69) is 26.6 Å². The molecule has 0 amide bonds. The van der Waals surface area contributed by atoms with Crippen LogP contribution in [0.3, 0.4) is 0 Å². The van der Waals surface area contributed by atoms with E-state index >= 15 is 0 Å². The summed E-state index contributed by atoms with van der Waals surface area (Å²) in [6, 6.07) is 5.34. The van der Waals surface area contributed by atoms with Gasteiger partial charge < -0.3 is 19.7 Å². The van der Waals surface area contributed by atoms with Crippen LogP contribution in [0.4, 0.5) is 14.5 Å². The maximum Gasteiger partial charge on any atom is 0.586 e. The Bertz CT molecular complexity index is 482. The minimum absolute atomic E-state index is 0.0944. The molecule has 0 radical (unpaired) electrons. The SMILES string of the molecule is CCC1CNCCN1c1ccc2c(c1)OC(F)(F)O2. The fourth-order valence-corrected chi connectivity index (χ4v) is 2.58. The van der Waals surface area contributed by atoms with Crippen LogP contribution in [-0.4, -0.2) is 32.0 Å². The van der Waals surface area contributed by atoms with E-state index in [-0.39, 0.29) is 11.5 Å². The normalized spacial score (nSPS) is 24.6. The van der Waals surface area contributed by atoms with Crippen LogP contribution in [0.15, 0.2) is 18.2 Å². The van der Waals surface area contributed by atoms with Crippen LogP contribution in [-0.2, 0) is 0 Å². The molecule has 1 N–H and O–H groups in total. The highest BCUT2D eigenvalue weighted by Crippen LogP contribution is 2.43. The van der Waals surface area contributed by atoms with Gasteiger partial charge in [0.25, 0.3) is 0 Å². The minimum atomic E-state index is -3.55. The molecule has 0 bridgehead atoms. The van der Waals surface area contributed by atoms with Crippen LogP contribution in [0, 0.1) is 0 Å². The van der Waals surface area contributed by atoms with Gasteiger partial charge in [-0.25, -0.2) is 0 Å². The quantitative estimate of drug-likeness (QED) is 0.893. The summed E-state index contributed by atoms with van der Waals surface area (Å²) in [5.74, 6) is 0.202. The van der Waals surface area contributed by atoms with Crippen LogP contribution in [0.5, 0.6) is 11.5 Å². The third kappa shape index (κ3) is 2.32. The van der Waals surface area contributed by atoms with Gasteiger partial charge in [-0.05, 0) is 18.6 Å². The maximum atomic E-state index is 13.0. The predicted octanol–water partition coefficient (Wildman–Crippen LogP) is 2.20. The van der Waals surface area contributed by atoms with Gasteiger partial charge in [-0.2, -0.15) is 0 Å². The highest BCUT2D eigenvalue weighted by Gasteiger charge is 2.43. The molecule has 1 saturated heterocycles. The molecule has 0 spiro atoms. The summed E-state index contributed by atoms with van der Waals surface area (Å²) in [5, 5.41) is 3.33. The lowest BCUT2D eigenvalue weighted by Gasteiger charge is -2.37. The van der Waals surface area contributed by atoms with Crippen molar-refractivity contribution in [3.05, 3.63) is 18.2 Å². The highest BCUT2D eigenvalue weighted by atomic mass is 19.3. The van der Waals surface area contributed by atoms with Gasteiger partial charge in [0, 0.05) is 37.4 Å². The van der Waals surface area contributed by atoms with E-state index in [1.165, 1.54) is 0 Å². The molecule has 2 aliphatic rings. The number of hydrogen-bond donors (Lipinski definition) is 1. The first kappa shape index (κ1) is 12.5. The largest absolute Gasteiger partial charge is 0.586 e. The number of anilines is 1. The van der Waals surface area contributed by atoms with Crippen molar-refractivity contribution in [3.63, 3.8) is 0 Å². The lowest BCUT2D eigenvalue weighted by Crippen LogP contribution is -2.51. The number of piperazine rings is 1. The van der Waals surface area contributed by atoms with Gasteiger partial charge in [0.15, 0.2) is 11.5 Å². The van der Waals surface area contributed by atoms with Gasteiger partial charge in [0.1, 0.15) is 0 Å². The summed E-state index contributed by atoms with van der Waals surface area (Å²) in [6.45, 7) is 4.77. The number of hydrogen-bond acceptors (Lipinski definition) is 4. The summed E-state index contributed by atoms with van der Waals surface area (Å²) in [6.07, 6.45) is -2.55. The third-order valence-corrected chi connectivity index (χ3v) is 3.54. The highest BCUT2D eigenvalue weighted by molar-refractivity contribution is 5.58. The molecule has 1 aromatic rings. The molecule has 4 nitrogen and oxygen atoms in total. The Kier molecular flexibility index (Phi) is 2.97. The smallest absolute Gasteiger partial charge is 0.395 e. The van der Waals surface area contributed by atoms with Crippen molar-refractivity contribution in [1.29, 1.82) is 0 Å². The molecular weight excluding hydrogens is 254 g/mol. The van der Waals surface area contributed by atoms with E-state index in [0.29, 0.717) is 6.04 Å². The Morgan fingerprint density at radius 3 is 2.95 bits per heavy atom. The monoisotopic (exact) mass is 270 g/mol. The van der Waals surface area contributed by atoms with Gasteiger partial charge in [-0.3, -0.25) is 0 Å². The number of nitrogens with one attached hydrogen (secondary N) is 1. The van der Waals surface area contributed by atoms with Crippen molar-refractivity contribution in [2.45, 2.75) is 25.7 Å². The van der Waals surface area contributed by atoms with Crippen molar-refractivity contribution in [2.24, 2.45) is 0 Å². The molecule has 1 unspecified atom stereocenters. The molecule has 0 aromatic heterocycles. The van der Waals surface area contributed by atoms with E-state index in [1.807, 2.05) is 0 Å². The van der Waals surface area contributed by atoms with Gasteiger partial charge in [-0.15, -0.1) is 8.78 Å². The van der Waals surface area contributed by atoms with Crippen molar-refractivity contribution in [1.82, 2.24) is 5.32 Å². The predicted molar refractivity (Wildman–Crippen MR) is 66.9 cm³/mol. The zero-order valence-corrected chi connectivity index (χ0v) is 10.7. The number of ether oxygens (including phenoxy) is 2. The van der Waals surface area contributed by atoms with Gasteiger partial charge in [-0.1, -0.05) is 6.92 Å². The first-order chi connectivity index (χ1) is 9.09. The first-order valence-corrected chi connectivity index (χ1v) is 6.46. The molecule has 19 heavy (non-hydrogen) atoms. The van der Waals surface area contributed by atoms with Crippen LogP contribution < -0.4 is 19.7 Å². The number of benzene rings is 1. The average molecular weight is 270 g/mol. The number of nitrogens with zero attached hydrogens (tertiary/aromatic N) is 1. The van der Waals surface area contributed by atoms with E-state index in [0.717, 1.165) is 31.7 Å².